The van der Waals surface area contributed by atoms with Crippen molar-refractivity contribution in [2.75, 3.05) is 0 Å². The molecular weight excluding hydrogens is 128 g/mol. The van der Waals surface area contributed by atoms with Gasteiger partial charge in [-0.15, -0.1) is 0 Å². The Morgan fingerprint density at radius 1 is 1.30 bits per heavy atom. The van der Waals surface area contributed by atoms with E-state index < -0.39 is 0 Å². The first kappa shape index (κ1) is 8.02. The lowest BCUT2D eigenvalue weighted by Crippen LogP contribution is -2.21. The summed E-state index contributed by atoms with van der Waals surface area (Å²) in [4.78, 5) is 0. The van der Waals surface area contributed by atoms with Crippen LogP contribution in [0.15, 0.2) is 0 Å². The number of hydrogen-bond acceptors (Lipinski definition) is 2. The van der Waals surface area contributed by atoms with Crippen molar-refractivity contribution < 1.29 is 9.47 Å². The molecule has 0 aromatic heterocycles. The van der Waals surface area contributed by atoms with E-state index in [0.717, 1.165) is 6.42 Å². The van der Waals surface area contributed by atoms with Gasteiger partial charge >= 0.3 is 0 Å². The summed E-state index contributed by atoms with van der Waals surface area (Å²) in [6, 6.07) is 0. The molecule has 0 amide bonds. The number of ether oxygens (including phenoxy) is 2. The lowest BCUT2D eigenvalue weighted by molar-refractivity contribution is -0.145. The maximum absolute atomic E-state index is 5.59. The van der Waals surface area contributed by atoms with Crippen LogP contribution in [0.25, 0.3) is 0 Å². The molecule has 60 valence electrons. The molecule has 1 heterocycles. The minimum Gasteiger partial charge on any atom is -0.345 e. The van der Waals surface area contributed by atoms with Crippen LogP contribution in [0.4, 0.5) is 0 Å². The van der Waals surface area contributed by atoms with Gasteiger partial charge in [0.1, 0.15) is 0 Å². The summed E-state index contributed by atoms with van der Waals surface area (Å²) in [7, 11) is 0. The van der Waals surface area contributed by atoms with Gasteiger partial charge in [-0.05, 0) is 27.2 Å². The highest BCUT2D eigenvalue weighted by Gasteiger charge is 2.37. The van der Waals surface area contributed by atoms with Gasteiger partial charge in [0.25, 0.3) is 0 Å². The monoisotopic (exact) mass is 144 g/mol. The van der Waals surface area contributed by atoms with Crippen molar-refractivity contribution in [1.29, 1.82) is 0 Å². The molecule has 10 heavy (non-hydrogen) atoms. The van der Waals surface area contributed by atoms with Crippen LogP contribution < -0.4 is 0 Å². The molecule has 0 radical (unpaired) electrons. The maximum Gasteiger partial charge on any atom is 0.163 e. The lowest BCUT2D eigenvalue weighted by atomic mass is 10.2. The quantitative estimate of drug-likeness (QED) is 0.560. The van der Waals surface area contributed by atoms with E-state index in [-0.39, 0.29) is 18.0 Å². The highest BCUT2D eigenvalue weighted by Crippen LogP contribution is 2.28. The molecule has 1 fully saturated rings. The minimum atomic E-state index is -0.361. The van der Waals surface area contributed by atoms with Crippen molar-refractivity contribution in [3.05, 3.63) is 0 Å². The number of hydrogen-bond donors (Lipinski definition) is 0. The summed E-state index contributed by atoms with van der Waals surface area (Å²) in [5.41, 5.74) is 0. The van der Waals surface area contributed by atoms with Crippen molar-refractivity contribution in [2.24, 2.45) is 0 Å². The van der Waals surface area contributed by atoms with Crippen molar-refractivity contribution in [3.63, 3.8) is 0 Å². The molecule has 2 nitrogen and oxygen atoms in total. The summed E-state index contributed by atoms with van der Waals surface area (Å²) in [6.45, 7) is 8.09. The highest BCUT2D eigenvalue weighted by atomic mass is 16.7. The molecular formula is C8H16O2. The van der Waals surface area contributed by atoms with Gasteiger partial charge in [-0.3, -0.25) is 0 Å². The molecule has 2 heteroatoms. The first-order valence-electron chi connectivity index (χ1n) is 3.91. The van der Waals surface area contributed by atoms with Gasteiger partial charge < -0.3 is 9.47 Å². The highest BCUT2D eigenvalue weighted by molar-refractivity contribution is 4.76. The van der Waals surface area contributed by atoms with Gasteiger partial charge in [-0.2, -0.15) is 0 Å². The zero-order chi connectivity index (χ0) is 7.78. The van der Waals surface area contributed by atoms with E-state index >= 15 is 0 Å². The van der Waals surface area contributed by atoms with Gasteiger partial charge in [-0.25, -0.2) is 0 Å². The van der Waals surface area contributed by atoms with Crippen LogP contribution in [0.2, 0.25) is 0 Å². The van der Waals surface area contributed by atoms with Crippen LogP contribution in [0, 0.1) is 0 Å². The molecule has 0 N–H and O–H groups in total. The molecule has 0 bridgehead atoms. The fourth-order valence-corrected chi connectivity index (χ4v) is 1.43. The van der Waals surface area contributed by atoms with Crippen LogP contribution in [0.3, 0.4) is 0 Å². The SMILES string of the molecule is CC[C@H]1OC(C)(C)OC1C. The Balaban J connectivity index is 2.52. The van der Waals surface area contributed by atoms with E-state index in [1.54, 1.807) is 0 Å². The van der Waals surface area contributed by atoms with E-state index in [2.05, 4.69) is 13.8 Å². The van der Waals surface area contributed by atoms with E-state index in [0.29, 0.717) is 0 Å². The Hall–Kier alpha value is -0.0800. The van der Waals surface area contributed by atoms with Gasteiger partial charge in [0, 0.05) is 0 Å². The normalized spacial score (nSPS) is 38.4. The minimum absolute atomic E-state index is 0.250. The zero-order valence-electron chi connectivity index (χ0n) is 7.18. The lowest BCUT2D eigenvalue weighted by Gasteiger charge is -2.16. The van der Waals surface area contributed by atoms with Gasteiger partial charge in [-0.1, -0.05) is 6.92 Å². The maximum atomic E-state index is 5.59. The predicted octanol–water partition coefficient (Wildman–Crippen LogP) is 1.94. The second-order valence-corrected chi connectivity index (χ2v) is 3.29. The molecule has 1 saturated heterocycles. The average molecular weight is 144 g/mol. The Kier molecular flexibility index (Phi) is 2.02. The molecule has 0 aromatic rings. The molecule has 2 atom stereocenters. The summed E-state index contributed by atoms with van der Waals surface area (Å²) >= 11 is 0. The second kappa shape index (κ2) is 2.51. The first-order chi connectivity index (χ1) is 4.55. The van der Waals surface area contributed by atoms with Gasteiger partial charge in [0.15, 0.2) is 5.79 Å². The zero-order valence-corrected chi connectivity index (χ0v) is 7.18. The molecule has 0 saturated carbocycles. The van der Waals surface area contributed by atoms with Crippen molar-refractivity contribution in [2.45, 2.75) is 52.1 Å². The van der Waals surface area contributed by atoms with E-state index in [1.165, 1.54) is 0 Å². The smallest absolute Gasteiger partial charge is 0.163 e. The van der Waals surface area contributed by atoms with Crippen LogP contribution in [-0.2, 0) is 9.47 Å². The van der Waals surface area contributed by atoms with Crippen LogP contribution >= 0.6 is 0 Å². The Morgan fingerprint density at radius 3 is 2.10 bits per heavy atom. The fraction of sp³-hybridized carbons (Fsp3) is 1.00. The first-order valence-corrected chi connectivity index (χ1v) is 3.91. The Labute approximate surface area is 62.5 Å². The molecule has 1 aliphatic heterocycles. The summed E-state index contributed by atoms with van der Waals surface area (Å²) in [5.74, 6) is -0.361. The van der Waals surface area contributed by atoms with E-state index in [9.17, 15) is 0 Å². The molecule has 0 spiro atoms. The van der Waals surface area contributed by atoms with Crippen LogP contribution in [-0.4, -0.2) is 18.0 Å². The van der Waals surface area contributed by atoms with Crippen molar-refractivity contribution in [1.82, 2.24) is 0 Å². The largest absolute Gasteiger partial charge is 0.345 e. The molecule has 1 aliphatic rings. The van der Waals surface area contributed by atoms with Crippen LogP contribution in [0.1, 0.15) is 34.1 Å². The molecule has 1 unspecified atom stereocenters. The predicted molar refractivity (Wildman–Crippen MR) is 39.8 cm³/mol. The Bertz CT molecular complexity index is 120. The van der Waals surface area contributed by atoms with Crippen molar-refractivity contribution >= 4 is 0 Å². The van der Waals surface area contributed by atoms with E-state index in [1.807, 2.05) is 13.8 Å². The molecule has 0 aliphatic carbocycles. The fourth-order valence-electron chi connectivity index (χ4n) is 1.43. The van der Waals surface area contributed by atoms with Gasteiger partial charge in [0.2, 0.25) is 0 Å². The van der Waals surface area contributed by atoms with Crippen molar-refractivity contribution in [3.8, 4) is 0 Å². The summed E-state index contributed by atoms with van der Waals surface area (Å²) < 4.78 is 11.1. The molecule has 1 rings (SSSR count). The second-order valence-electron chi connectivity index (χ2n) is 3.29. The Morgan fingerprint density at radius 2 is 1.90 bits per heavy atom. The average Bonchev–Trinajstić information content (AvgIpc) is 2.05. The van der Waals surface area contributed by atoms with Crippen LogP contribution in [0.5, 0.6) is 0 Å². The summed E-state index contributed by atoms with van der Waals surface area (Å²) in [6.07, 6.45) is 1.57. The number of rotatable bonds is 1. The third-order valence-electron chi connectivity index (χ3n) is 1.83. The third kappa shape index (κ3) is 1.50. The van der Waals surface area contributed by atoms with E-state index in [4.69, 9.17) is 9.47 Å². The standard InChI is InChI=1S/C8H16O2/c1-5-7-6(2)9-8(3,4)10-7/h6-7H,5H2,1-4H3/t6?,7-/m1/s1. The third-order valence-corrected chi connectivity index (χ3v) is 1.83. The summed E-state index contributed by atoms with van der Waals surface area (Å²) in [5, 5.41) is 0. The molecule has 0 aromatic carbocycles. The van der Waals surface area contributed by atoms with Gasteiger partial charge in [0.05, 0.1) is 12.2 Å². The topological polar surface area (TPSA) is 18.5 Å².